The number of nitrogens with one attached hydrogen (secondary N) is 4. The van der Waals surface area contributed by atoms with E-state index in [2.05, 4.69) is 15.7 Å². The Kier molecular flexibility index (Phi) is 5.82. The molecule has 10 heteroatoms. The molecule has 0 saturated carbocycles. The summed E-state index contributed by atoms with van der Waals surface area (Å²) in [6, 6.07) is 7.08. The summed E-state index contributed by atoms with van der Waals surface area (Å²) in [5.74, 6) is -3.25. The maximum atomic E-state index is 14.7. The van der Waals surface area contributed by atoms with Gasteiger partial charge in [-0.15, -0.1) is 0 Å². The summed E-state index contributed by atoms with van der Waals surface area (Å²) in [6.45, 7) is 1.79. The fraction of sp³-hybridized carbons (Fsp3) is 0.143. The van der Waals surface area contributed by atoms with Gasteiger partial charge in [0, 0.05) is 42.9 Å². The van der Waals surface area contributed by atoms with Crippen LogP contribution in [0, 0.1) is 29.4 Å². The minimum Gasteiger partial charge on any atom is -0.398 e. The zero-order valence-corrected chi connectivity index (χ0v) is 17.1. The summed E-state index contributed by atoms with van der Waals surface area (Å²) in [5.41, 5.74) is 7.16. The van der Waals surface area contributed by atoms with E-state index < -0.39 is 23.1 Å². The van der Waals surface area contributed by atoms with Gasteiger partial charge in [-0.3, -0.25) is 14.9 Å². The normalized spacial score (nSPS) is 10.6. The molecule has 1 amide bonds. The van der Waals surface area contributed by atoms with E-state index in [4.69, 9.17) is 16.6 Å². The molecule has 0 saturated heterocycles. The van der Waals surface area contributed by atoms with Crippen molar-refractivity contribution in [2.45, 2.75) is 6.92 Å². The van der Waals surface area contributed by atoms with E-state index in [1.165, 1.54) is 29.9 Å². The standard InChI is InChI=1S/C21H21F2N7O/c1-10-6-17(30(3)29-10)20(26)12-7-11(4-5-15(12)25)28-21(31)18-14(22)8-16(27-2)13(9-24)19(18)23/h4-9,24,26-27H,25H2,1-3H3,(H,28,31). The van der Waals surface area contributed by atoms with Crippen LogP contribution in [-0.2, 0) is 7.05 Å². The summed E-state index contributed by atoms with van der Waals surface area (Å²) in [5, 5.41) is 25.0. The predicted octanol–water partition coefficient (Wildman–Crippen LogP) is 3.30. The molecule has 0 atom stereocenters. The van der Waals surface area contributed by atoms with Gasteiger partial charge in [0.15, 0.2) is 0 Å². The van der Waals surface area contributed by atoms with Crippen molar-refractivity contribution in [3.63, 3.8) is 0 Å². The lowest BCUT2D eigenvalue weighted by Gasteiger charge is -2.14. The van der Waals surface area contributed by atoms with Crippen molar-refractivity contribution < 1.29 is 13.6 Å². The Morgan fingerprint density at radius 1 is 1.26 bits per heavy atom. The number of amides is 1. The maximum absolute atomic E-state index is 14.7. The molecular weight excluding hydrogens is 404 g/mol. The zero-order chi connectivity index (χ0) is 22.9. The Labute approximate surface area is 177 Å². The van der Waals surface area contributed by atoms with E-state index in [-0.39, 0.29) is 22.6 Å². The number of anilines is 3. The maximum Gasteiger partial charge on any atom is 0.261 e. The molecule has 1 heterocycles. The van der Waals surface area contributed by atoms with Crippen molar-refractivity contribution in [2.24, 2.45) is 7.05 Å². The van der Waals surface area contributed by atoms with Crippen LogP contribution < -0.4 is 16.4 Å². The summed E-state index contributed by atoms with van der Waals surface area (Å²) in [4.78, 5) is 12.6. The van der Waals surface area contributed by atoms with E-state index in [1.54, 1.807) is 20.0 Å². The summed E-state index contributed by atoms with van der Waals surface area (Å²) < 4.78 is 30.7. The highest BCUT2D eigenvalue weighted by Crippen LogP contribution is 2.26. The zero-order valence-electron chi connectivity index (χ0n) is 17.1. The van der Waals surface area contributed by atoms with Crippen molar-refractivity contribution in [3.05, 3.63) is 70.0 Å². The number of hydrogen-bond acceptors (Lipinski definition) is 6. The Hall–Kier alpha value is -4.08. The van der Waals surface area contributed by atoms with Crippen LogP contribution in [0.1, 0.15) is 32.9 Å². The van der Waals surface area contributed by atoms with Gasteiger partial charge in [0.1, 0.15) is 17.2 Å². The molecular formula is C21H21F2N7O. The summed E-state index contributed by atoms with van der Waals surface area (Å²) in [6.07, 6.45) is 0.704. The molecule has 0 bridgehead atoms. The Morgan fingerprint density at radius 3 is 2.55 bits per heavy atom. The molecule has 160 valence electrons. The van der Waals surface area contributed by atoms with Crippen LogP contribution in [0.4, 0.5) is 25.8 Å². The number of rotatable bonds is 6. The number of hydrogen-bond donors (Lipinski definition) is 5. The molecule has 0 unspecified atom stereocenters. The number of nitrogens with two attached hydrogens (primary N) is 1. The lowest BCUT2D eigenvalue weighted by Crippen LogP contribution is -2.18. The number of nitrogens with zero attached hydrogens (tertiary/aromatic N) is 2. The van der Waals surface area contributed by atoms with Crippen LogP contribution in [0.3, 0.4) is 0 Å². The first kappa shape index (κ1) is 21.6. The first-order chi connectivity index (χ1) is 14.7. The van der Waals surface area contributed by atoms with Crippen LogP contribution >= 0.6 is 0 Å². The van der Waals surface area contributed by atoms with Gasteiger partial charge in [-0.1, -0.05) is 0 Å². The predicted molar refractivity (Wildman–Crippen MR) is 116 cm³/mol. The van der Waals surface area contributed by atoms with Gasteiger partial charge in [0.25, 0.3) is 5.91 Å². The SMILES string of the molecule is CNc1cc(F)c(C(=O)Nc2ccc(N)c(C(=N)c3cc(C)nn3C)c2)c(F)c1C=N. The summed E-state index contributed by atoms with van der Waals surface area (Å²) in [7, 11) is 3.15. The first-order valence-electron chi connectivity index (χ1n) is 9.19. The Bertz CT molecular complexity index is 1220. The van der Waals surface area contributed by atoms with Gasteiger partial charge < -0.3 is 21.8 Å². The number of benzene rings is 2. The van der Waals surface area contributed by atoms with E-state index in [0.29, 0.717) is 23.2 Å². The van der Waals surface area contributed by atoms with Gasteiger partial charge in [0.05, 0.1) is 22.7 Å². The minimum atomic E-state index is -1.15. The van der Waals surface area contributed by atoms with Gasteiger partial charge in [-0.25, -0.2) is 8.78 Å². The number of carbonyl (C=O) groups excluding carboxylic acids is 1. The topological polar surface area (TPSA) is 133 Å². The second-order valence-electron chi connectivity index (χ2n) is 6.83. The van der Waals surface area contributed by atoms with Crippen LogP contribution in [0.15, 0.2) is 30.3 Å². The molecule has 0 aliphatic heterocycles. The Balaban J connectivity index is 1.97. The quantitative estimate of drug-likeness (QED) is 0.306. The van der Waals surface area contributed by atoms with Crippen LogP contribution in [-0.4, -0.2) is 34.7 Å². The highest BCUT2D eigenvalue weighted by molar-refractivity contribution is 6.14. The second kappa shape index (κ2) is 8.34. The van der Waals surface area contributed by atoms with E-state index in [1.807, 2.05) is 0 Å². The van der Waals surface area contributed by atoms with Crippen LogP contribution in [0.5, 0.6) is 0 Å². The first-order valence-corrected chi connectivity index (χ1v) is 9.19. The van der Waals surface area contributed by atoms with E-state index in [9.17, 15) is 13.6 Å². The van der Waals surface area contributed by atoms with Crippen molar-refractivity contribution in [2.75, 3.05) is 23.4 Å². The number of aryl methyl sites for hydroxylation is 2. The van der Waals surface area contributed by atoms with Crippen molar-refractivity contribution in [3.8, 4) is 0 Å². The second-order valence-corrected chi connectivity index (χ2v) is 6.83. The lowest BCUT2D eigenvalue weighted by atomic mass is 10.0. The average Bonchev–Trinajstić information content (AvgIpc) is 3.06. The molecule has 2 aromatic carbocycles. The molecule has 1 aromatic heterocycles. The third-order valence-corrected chi connectivity index (χ3v) is 4.74. The fourth-order valence-electron chi connectivity index (χ4n) is 3.22. The highest BCUT2D eigenvalue weighted by atomic mass is 19.1. The third kappa shape index (κ3) is 4.00. The molecule has 3 rings (SSSR count). The molecule has 3 aromatic rings. The molecule has 31 heavy (non-hydrogen) atoms. The molecule has 0 spiro atoms. The van der Waals surface area contributed by atoms with E-state index >= 15 is 0 Å². The fourth-order valence-corrected chi connectivity index (χ4v) is 3.22. The highest BCUT2D eigenvalue weighted by Gasteiger charge is 2.23. The lowest BCUT2D eigenvalue weighted by molar-refractivity contribution is 0.101. The van der Waals surface area contributed by atoms with Gasteiger partial charge in [-0.05, 0) is 37.3 Å². The monoisotopic (exact) mass is 425 g/mol. The Morgan fingerprint density at radius 2 is 1.97 bits per heavy atom. The largest absolute Gasteiger partial charge is 0.398 e. The number of aromatic nitrogens is 2. The van der Waals surface area contributed by atoms with Crippen LogP contribution in [0.25, 0.3) is 0 Å². The number of nitrogen functional groups attached to an aromatic ring is 1. The van der Waals surface area contributed by atoms with Crippen molar-refractivity contribution in [1.82, 2.24) is 9.78 Å². The van der Waals surface area contributed by atoms with Gasteiger partial charge in [-0.2, -0.15) is 5.10 Å². The average molecular weight is 425 g/mol. The summed E-state index contributed by atoms with van der Waals surface area (Å²) >= 11 is 0. The number of carbonyl (C=O) groups is 1. The van der Waals surface area contributed by atoms with Crippen LogP contribution in [0.2, 0.25) is 0 Å². The smallest absolute Gasteiger partial charge is 0.261 e. The van der Waals surface area contributed by atoms with Gasteiger partial charge >= 0.3 is 0 Å². The van der Waals surface area contributed by atoms with E-state index in [0.717, 1.165) is 11.8 Å². The minimum absolute atomic E-state index is 0.0521. The van der Waals surface area contributed by atoms with Crippen molar-refractivity contribution in [1.29, 1.82) is 10.8 Å². The molecule has 0 aliphatic rings. The van der Waals surface area contributed by atoms with Gasteiger partial charge in [0.2, 0.25) is 0 Å². The molecule has 0 fully saturated rings. The molecule has 0 aliphatic carbocycles. The molecule has 0 radical (unpaired) electrons. The third-order valence-electron chi connectivity index (χ3n) is 4.74. The number of halogens is 2. The van der Waals surface area contributed by atoms with Crippen molar-refractivity contribution >= 4 is 34.9 Å². The molecule has 6 N–H and O–H groups in total. The molecule has 8 nitrogen and oxygen atoms in total.